The molecule has 0 spiro atoms. The van der Waals surface area contributed by atoms with E-state index in [9.17, 15) is 0 Å². The van der Waals surface area contributed by atoms with Gasteiger partial charge in [0.2, 0.25) is 0 Å². The van der Waals surface area contributed by atoms with Crippen molar-refractivity contribution >= 4 is 27.5 Å². The van der Waals surface area contributed by atoms with E-state index in [1.807, 2.05) is 7.05 Å². The lowest BCUT2D eigenvalue weighted by Gasteiger charge is -2.10. The number of rotatable bonds is 3. The van der Waals surface area contributed by atoms with E-state index in [2.05, 4.69) is 41.8 Å². The second-order valence-corrected chi connectivity index (χ2v) is 4.93. The zero-order valence-electron chi connectivity index (χ0n) is 9.01. The molecule has 1 aromatic heterocycles. The van der Waals surface area contributed by atoms with E-state index < -0.39 is 0 Å². The summed E-state index contributed by atoms with van der Waals surface area (Å²) in [6, 6.07) is 0. The highest BCUT2D eigenvalue weighted by Gasteiger charge is 2.21. The second-order valence-electron chi connectivity index (χ2n) is 3.92. The molecule has 0 aromatic carbocycles. The normalized spacial score (nSPS) is 13.6. The van der Waals surface area contributed by atoms with Crippen LogP contribution in [-0.4, -0.2) is 15.1 Å². The van der Waals surface area contributed by atoms with E-state index in [-0.39, 0.29) is 0 Å². The molecule has 0 radical (unpaired) electrons. The van der Waals surface area contributed by atoms with Crippen LogP contribution in [0.25, 0.3) is 0 Å². The van der Waals surface area contributed by atoms with E-state index in [4.69, 9.17) is 11.6 Å². The van der Waals surface area contributed by atoms with Crippen molar-refractivity contribution in [2.24, 2.45) is 7.05 Å². The Morgan fingerprint density at radius 1 is 1.43 bits per heavy atom. The summed E-state index contributed by atoms with van der Waals surface area (Å²) in [7, 11) is 1.89. The number of nitrogens with zero attached hydrogens (tertiary/aromatic N) is 2. The van der Waals surface area contributed by atoms with E-state index in [0.29, 0.717) is 11.8 Å². The Hall–Kier alpha value is -0.0200. The maximum atomic E-state index is 6.21. The van der Waals surface area contributed by atoms with Gasteiger partial charge in [-0.3, -0.25) is 4.68 Å². The standard InChI is InChI=1S/C10H16BrClN2/c1-6(2)9-8(7(3)5-11)10(12)14(4)13-9/h6-7H,5H2,1-4H3. The molecule has 0 aliphatic heterocycles. The van der Waals surface area contributed by atoms with Crippen LogP contribution in [-0.2, 0) is 7.05 Å². The van der Waals surface area contributed by atoms with Crippen LogP contribution < -0.4 is 0 Å². The summed E-state index contributed by atoms with van der Waals surface area (Å²) in [6.45, 7) is 6.44. The molecule has 0 aliphatic carbocycles. The van der Waals surface area contributed by atoms with Gasteiger partial charge in [-0.2, -0.15) is 5.10 Å². The van der Waals surface area contributed by atoms with E-state index in [1.165, 1.54) is 5.56 Å². The molecular formula is C10H16BrClN2. The predicted molar refractivity (Wildman–Crippen MR) is 64.5 cm³/mol. The van der Waals surface area contributed by atoms with Crippen LogP contribution in [0.5, 0.6) is 0 Å². The molecule has 1 atom stereocenters. The summed E-state index contributed by atoms with van der Waals surface area (Å²) in [5.41, 5.74) is 2.30. The Labute approximate surface area is 98.8 Å². The molecule has 1 aromatic rings. The Morgan fingerprint density at radius 3 is 2.43 bits per heavy atom. The van der Waals surface area contributed by atoms with Crippen LogP contribution in [0.15, 0.2) is 0 Å². The van der Waals surface area contributed by atoms with Crippen LogP contribution in [0, 0.1) is 0 Å². The van der Waals surface area contributed by atoms with Crippen molar-refractivity contribution in [1.82, 2.24) is 9.78 Å². The number of alkyl halides is 1. The minimum Gasteiger partial charge on any atom is -0.257 e. The lowest BCUT2D eigenvalue weighted by molar-refractivity contribution is 0.710. The summed E-state index contributed by atoms with van der Waals surface area (Å²) in [5.74, 6) is 0.832. The van der Waals surface area contributed by atoms with Gasteiger partial charge in [-0.05, 0) is 11.8 Å². The first-order valence-corrected chi connectivity index (χ1v) is 6.27. The van der Waals surface area contributed by atoms with E-state index >= 15 is 0 Å². The topological polar surface area (TPSA) is 17.8 Å². The average Bonchev–Trinajstić information content (AvgIpc) is 2.43. The van der Waals surface area contributed by atoms with Gasteiger partial charge in [0.25, 0.3) is 0 Å². The van der Waals surface area contributed by atoms with Crippen molar-refractivity contribution in [2.45, 2.75) is 32.6 Å². The van der Waals surface area contributed by atoms with Crippen molar-refractivity contribution < 1.29 is 0 Å². The fraction of sp³-hybridized carbons (Fsp3) is 0.700. The number of halogens is 2. The zero-order valence-corrected chi connectivity index (χ0v) is 11.4. The third-order valence-corrected chi connectivity index (χ3v) is 3.73. The molecule has 0 N–H and O–H groups in total. The van der Waals surface area contributed by atoms with Gasteiger partial charge < -0.3 is 0 Å². The minimum atomic E-state index is 0.411. The third-order valence-electron chi connectivity index (χ3n) is 2.31. The Balaban J connectivity index is 3.23. The Kier molecular flexibility index (Phi) is 4.02. The van der Waals surface area contributed by atoms with Gasteiger partial charge in [-0.15, -0.1) is 0 Å². The van der Waals surface area contributed by atoms with E-state index in [1.54, 1.807) is 4.68 Å². The quantitative estimate of drug-likeness (QED) is 0.772. The van der Waals surface area contributed by atoms with Crippen molar-refractivity contribution in [3.63, 3.8) is 0 Å². The highest BCUT2D eigenvalue weighted by Crippen LogP contribution is 2.32. The van der Waals surface area contributed by atoms with Gasteiger partial charge in [0.15, 0.2) is 0 Å². The Morgan fingerprint density at radius 2 is 2.00 bits per heavy atom. The summed E-state index contributed by atoms with van der Waals surface area (Å²) in [4.78, 5) is 0. The highest BCUT2D eigenvalue weighted by molar-refractivity contribution is 9.09. The SMILES string of the molecule is CC(C)c1nn(C)c(Cl)c1C(C)CBr. The second kappa shape index (κ2) is 4.67. The van der Waals surface area contributed by atoms with Gasteiger partial charge >= 0.3 is 0 Å². The van der Waals surface area contributed by atoms with Gasteiger partial charge in [-0.1, -0.05) is 48.3 Å². The van der Waals surface area contributed by atoms with E-state index in [0.717, 1.165) is 16.2 Å². The van der Waals surface area contributed by atoms with Crippen molar-refractivity contribution in [3.05, 3.63) is 16.4 Å². The first-order chi connectivity index (χ1) is 6.49. The lowest BCUT2D eigenvalue weighted by Crippen LogP contribution is -2.00. The fourth-order valence-corrected chi connectivity index (χ4v) is 2.14. The molecule has 1 rings (SSSR count). The maximum Gasteiger partial charge on any atom is 0.130 e. The molecule has 0 fully saturated rings. The smallest absolute Gasteiger partial charge is 0.130 e. The molecule has 1 heterocycles. The molecule has 80 valence electrons. The van der Waals surface area contributed by atoms with Crippen molar-refractivity contribution in [3.8, 4) is 0 Å². The lowest BCUT2D eigenvalue weighted by atomic mass is 9.98. The van der Waals surface area contributed by atoms with Gasteiger partial charge in [0.05, 0.1) is 5.69 Å². The van der Waals surface area contributed by atoms with Crippen molar-refractivity contribution in [1.29, 1.82) is 0 Å². The van der Waals surface area contributed by atoms with Crippen LogP contribution >= 0.6 is 27.5 Å². The molecule has 0 aliphatic rings. The molecule has 0 amide bonds. The van der Waals surface area contributed by atoms with Crippen LogP contribution in [0.3, 0.4) is 0 Å². The molecule has 0 bridgehead atoms. The number of hydrogen-bond acceptors (Lipinski definition) is 1. The molecular weight excluding hydrogens is 263 g/mol. The molecule has 0 saturated carbocycles. The van der Waals surface area contributed by atoms with Gasteiger partial charge in [-0.25, -0.2) is 0 Å². The van der Waals surface area contributed by atoms with Crippen LogP contribution in [0.4, 0.5) is 0 Å². The van der Waals surface area contributed by atoms with Crippen molar-refractivity contribution in [2.75, 3.05) is 5.33 Å². The Bertz CT molecular complexity index is 320. The largest absolute Gasteiger partial charge is 0.257 e. The zero-order chi connectivity index (χ0) is 10.9. The summed E-state index contributed by atoms with van der Waals surface area (Å²) in [5, 5.41) is 6.12. The summed E-state index contributed by atoms with van der Waals surface area (Å²) >= 11 is 9.69. The number of hydrogen-bond donors (Lipinski definition) is 0. The molecule has 1 unspecified atom stereocenters. The molecule has 14 heavy (non-hydrogen) atoms. The summed E-state index contributed by atoms with van der Waals surface area (Å²) < 4.78 is 1.76. The maximum absolute atomic E-state index is 6.21. The highest BCUT2D eigenvalue weighted by atomic mass is 79.9. The molecule has 2 nitrogen and oxygen atoms in total. The first-order valence-electron chi connectivity index (χ1n) is 4.77. The third kappa shape index (κ3) is 2.14. The predicted octanol–water partition coefficient (Wildman–Crippen LogP) is 3.70. The number of aryl methyl sites for hydroxylation is 1. The molecule has 4 heteroatoms. The number of aromatic nitrogens is 2. The molecule has 0 saturated heterocycles. The minimum absolute atomic E-state index is 0.411. The first kappa shape index (κ1) is 12.1. The van der Waals surface area contributed by atoms with Gasteiger partial charge in [0, 0.05) is 17.9 Å². The average molecular weight is 280 g/mol. The van der Waals surface area contributed by atoms with Gasteiger partial charge in [0.1, 0.15) is 5.15 Å². The monoisotopic (exact) mass is 278 g/mol. The summed E-state index contributed by atoms with van der Waals surface area (Å²) in [6.07, 6.45) is 0. The van der Waals surface area contributed by atoms with Crippen LogP contribution in [0.1, 0.15) is 43.9 Å². The van der Waals surface area contributed by atoms with Crippen LogP contribution in [0.2, 0.25) is 5.15 Å². The fourth-order valence-electron chi connectivity index (χ4n) is 1.50.